The van der Waals surface area contributed by atoms with Crippen molar-refractivity contribution in [3.8, 4) is 6.07 Å². The van der Waals surface area contributed by atoms with Crippen LogP contribution in [0.3, 0.4) is 0 Å². The third kappa shape index (κ3) is 2.62. The largest absolute Gasteiger partial charge is 0.464 e. The fourth-order valence-electron chi connectivity index (χ4n) is 7.71. The SMILES string of the molecule is CCOC(=O)C1(C#N)C2=C1[C@@]1(C)C(=CC2=O)C=C[C@@H]2[C@@H]1CC[C@]1(C)[C@@H](OC(=O)CC)CC[C@@H]21. The number of ether oxygens (including phenoxy) is 2. The van der Waals surface area contributed by atoms with E-state index < -0.39 is 16.8 Å². The molecular formula is C27H31NO5. The number of nitrogens with zero attached hydrogens (tertiary/aromatic N) is 1. The predicted octanol–water partition coefficient (Wildman–Crippen LogP) is 4.22. The Morgan fingerprint density at radius 1 is 1.18 bits per heavy atom. The summed E-state index contributed by atoms with van der Waals surface area (Å²) in [6, 6.07) is 2.17. The predicted molar refractivity (Wildman–Crippen MR) is 119 cm³/mol. The van der Waals surface area contributed by atoms with Gasteiger partial charge in [-0.15, -0.1) is 0 Å². The van der Waals surface area contributed by atoms with E-state index in [2.05, 4.69) is 26.0 Å². The first-order chi connectivity index (χ1) is 15.7. The monoisotopic (exact) mass is 449 g/mol. The lowest BCUT2D eigenvalue weighted by Crippen LogP contribution is -2.50. The molecule has 0 aromatic rings. The van der Waals surface area contributed by atoms with Gasteiger partial charge in [0.05, 0.1) is 12.7 Å². The van der Waals surface area contributed by atoms with E-state index >= 15 is 0 Å². The minimum absolute atomic E-state index is 0.0737. The molecule has 7 atom stereocenters. The molecule has 2 fully saturated rings. The first-order valence-electron chi connectivity index (χ1n) is 12.2. The van der Waals surface area contributed by atoms with Crippen LogP contribution in [-0.2, 0) is 23.9 Å². The number of fused-ring (bicyclic) bond motifs is 6. The molecule has 0 aromatic heterocycles. The quantitative estimate of drug-likeness (QED) is 0.597. The van der Waals surface area contributed by atoms with E-state index in [4.69, 9.17) is 9.47 Å². The Bertz CT molecular complexity index is 1090. The van der Waals surface area contributed by atoms with Crippen LogP contribution in [0.5, 0.6) is 0 Å². The molecule has 5 rings (SSSR count). The summed E-state index contributed by atoms with van der Waals surface area (Å²) in [4.78, 5) is 37.9. The Balaban J connectivity index is 1.52. The lowest BCUT2D eigenvalue weighted by Gasteiger charge is -2.55. The van der Waals surface area contributed by atoms with Gasteiger partial charge in [-0.1, -0.05) is 32.9 Å². The van der Waals surface area contributed by atoms with E-state index in [1.807, 2.05) is 13.0 Å². The van der Waals surface area contributed by atoms with Crippen molar-refractivity contribution in [3.05, 3.63) is 34.9 Å². The average Bonchev–Trinajstić information content (AvgIpc) is 3.41. The fourth-order valence-corrected chi connectivity index (χ4v) is 7.71. The number of carbonyl (C=O) groups is 3. The second kappa shape index (κ2) is 7.16. The molecular weight excluding hydrogens is 418 g/mol. The Hall–Kier alpha value is -2.68. The zero-order valence-corrected chi connectivity index (χ0v) is 19.8. The summed E-state index contributed by atoms with van der Waals surface area (Å²) >= 11 is 0. The lowest BCUT2D eigenvalue weighted by atomic mass is 9.49. The van der Waals surface area contributed by atoms with E-state index in [1.54, 1.807) is 13.0 Å². The number of ketones is 1. The Morgan fingerprint density at radius 2 is 1.94 bits per heavy atom. The number of allylic oxidation sites excluding steroid dienone is 4. The lowest BCUT2D eigenvalue weighted by molar-refractivity contribution is -0.157. The molecule has 0 amide bonds. The molecule has 174 valence electrons. The molecule has 0 bridgehead atoms. The third-order valence-electron chi connectivity index (χ3n) is 9.39. The summed E-state index contributed by atoms with van der Waals surface area (Å²) in [5, 5.41) is 10.1. The number of hydrogen-bond donors (Lipinski definition) is 0. The number of hydrogen-bond acceptors (Lipinski definition) is 6. The molecule has 6 heteroatoms. The average molecular weight is 450 g/mol. The maximum atomic E-state index is 12.9. The van der Waals surface area contributed by atoms with Crippen molar-refractivity contribution in [2.24, 2.45) is 34.0 Å². The molecule has 5 aliphatic rings. The van der Waals surface area contributed by atoms with Crippen LogP contribution in [0.1, 0.15) is 59.8 Å². The van der Waals surface area contributed by atoms with Gasteiger partial charge in [0, 0.05) is 22.8 Å². The van der Waals surface area contributed by atoms with Gasteiger partial charge in [-0.05, 0) is 67.6 Å². The highest BCUT2D eigenvalue weighted by Gasteiger charge is 2.73. The molecule has 2 saturated carbocycles. The van der Waals surface area contributed by atoms with Crippen LogP contribution in [-0.4, -0.2) is 30.4 Å². The molecule has 6 nitrogen and oxygen atoms in total. The fraction of sp³-hybridized carbons (Fsp3) is 0.630. The Labute approximate surface area is 194 Å². The standard InChI is InChI=1S/C27H31NO5/c1-5-21(30)33-20-10-9-17-16-8-7-15-13-19(29)22-23(27(22,14-28)24(31)32-6-2)26(15,4)18(16)11-12-25(17,20)3/h7-8,13,16-18,20H,5-6,9-12H2,1-4H3/t16-,17-,18-,20-,25-,26-,27?/m0/s1. The molecule has 0 N–H and O–H groups in total. The molecule has 0 spiro atoms. The van der Waals surface area contributed by atoms with Crippen LogP contribution in [0, 0.1) is 45.3 Å². The highest BCUT2D eigenvalue weighted by molar-refractivity contribution is 6.21. The highest BCUT2D eigenvalue weighted by atomic mass is 16.5. The van der Waals surface area contributed by atoms with E-state index in [0.717, 1.165) is 31.3 Å². The molecule has 33 heavy (non-hydrogen) atoms. The van der Waals surface area contributed by atoms with Crippen molar-refractivity contribution < 1.29 is 23.9 Å². The second-order valence-electron chi connectivity index (χ2n) is 10.6. The van der Waals surface area contributed by atoms with Gasteiger partial charge >= 0.3 is 11.9 Å². The summed E-state index contributed by atoms with van der Waals surface area (Å²) in [7, 11) is 0. The van der Waals surface area contributed by atoms with Gasteiger partial charge in [0.15, 0.2) is 5.78 Å². The number of nitriles is 1. The Kier molecular flexibility index (Phi) is 4.80. The normalized spacial score (nSPS) is 42.3. The molecule has 0 aliphatic heterocycles. The topological polar surface area (TPSA) is 93.5 Å². The maximum Gasteiger partial charge on any atom is 0.335 e. The van der Waals surface area contributed by atoms with E-state index in [-0.39, 0.29) is 41.7 Å². The first-order valence-corrected chi connectivity index (χ1v) is 12.2. The summed E-state index contributed by atoms with van der Waals surface area (Å²) < 4.78 is 11.1. The highest BCUT2D eigenvalue weighted by Crippen LogP contribution is 2.72. The van der Waals surface area contributed by atoms with E-state index in [1.165, 1.54) is 0 Å². The van der Waals surface area contributed by atoms with Crippen molar-refractivity contribution in [3.63, 3.8) is 0 Å². The summed E-state index contributed by atoms with van der Waals surface area (Å²) in [5.74, 6) is -0.260. The zero-order chi connectivity index (χ0) is 23.8. The maximum absolute atomic E-state index is 12.9. The van der Waals surface area contributed by atoms with Crippen molar-refractivity contribution in [2.45, 2.75) is 65.9 Å². The van der Waals surface area contributed by atoms with Crippen LogP contribution in [0.4, 0.5) is 0 Å². The molecule has 0 aromatic carbocycles. The van der Waals surface area contributed by atoms with Crippen molar-refractivity contribution in [1.29, 1.82) is 5.26 Å². The Morgan fingerprint density at radius 3 is 2.61 bits per heavy atom. The van der Waals surface area contributed by atoms with Crippen molar-refractivity contribution in [2.75, 3.05) is 6.61 Å². The summed E-state index contributed by atoms with van der Waals surface area (Å²) in [5.41, 5.74) is -0.306. The van der Waals surface area contributed by atoms with Crippen LogP contribution >= 0.6 is 0 Å². The zero-order valence-electron chi connectivity index (χ0n) is 19.8. The van der Waals surface area contributed by atoms with Gasteiger partial charge < -0.3 is 9.47 Å². The number of rotatable bonds is 4. The second-order valence-corrected chi connectivity index (χ2v) is 10.6. The molecule has 0 saturated heterocycles. The van der Waals surface area contributed by atoms with Crippen molar-refractivity contribution in [1.82, 2.24) is 0 Å². The molecule has 1 unspecified atom stereocenters. The van der Waals surface area contributed by atoms with Gasteiger partial charge in [0.25, 0.3) is 0 Å². The smallest absolute Gasteiger partial charge is 0.335 e. The summed E-state index contributed by atoms with van der Waals surface area (Å²) in [6.45, 7) is 8.05. The van der Waals surface area contributed by atoms with Crippen LogP contribution < -0.4 is 0 Å². The number of esters is 2. The third-order valence-corrected chi connectivity index (χ3v) is 9.39. The van der Waals surface area contributed by atoms with Crippen LogP contribution in [0.15, 0.2) is 34.9 Å². The molecule has 5 aliphatic carbocycles. The van der Waals surface area contributed by atoms with Crippen LogP contribution in [0.2, 0.25) is 0 Å². The minimum atomic E-state index is -1.55. The molecule has 0 heterocycles. The van der Waals surface area contributed by atoms with Gasteiger partial charge in [-0.3, -0.25) is 9.59 Å². The minimum Gasteiger partial charge on any atom is -0.464 e. The van der Waals surface area contributed by atoms with E-state index in [9.17, 15) is 19.6 Å². The summed E-state index contributed by atoms with van der Waals surface area (Å²) in [6.07, 6.45) is 9.82. The van der Waals surface area contributed by atoms with Crippen LogP contribution in [0.25, 0.3) is 0 Å². The molecule has 0 radical (unpaired) electrons. The first kappa shape index (κ1) is 22.1. The van der Waals surface area contributed by atoms with E-state index in [0.29, 0.717) is 23.5 Å². The number of carbonyl (C=O) groups excluding carboxylic acids is 3. The van der Waals surface area contributed by atoms with Gasteiger partial charge in [-0.25, -0.2) is 4.79 Å². The van der Waals surface area contributed by atoms with Gasteiger partial charge in [-0.2, -0.15) is 5.26 Å². The van der Waals surface area contributed by atoms with Gasteiger partial charge in [0.1, 0.15) is 6.10 Å². The van der Waals surface area contributed by atoms with Gasteiger partial charge in [0.2, 0.25) is 5.41 Å². The van der Waals surface area contributed by atoms with Crippen molar-refractivity contribution >= 4 is 17.7 Å².